The number of allylic oxidation sites excluding steroid dienone is 1. The number of rotatable bonds is 3. The minimum atomic E-state index is -1.67. The van der Waals surface area contributed by atoms with Crippen LogP contribution in [0, 0.1) is 23.7 Å². The SMILES string of the molecule is C/C=C1/[C@H](O[C@@H]2O[C@H](CO)[C@@H](O)[C@H](O)[C@H]2O)OC=C2C(=O)OC[C@H](C)[C@]3(O)CC[C@H](C)[C@H]3COC(=O)C[C@H]21. The molecule has 0 amide bonds. The summed E-state index contributed by atoms with van der Waals surface area (Å²) >= 11 is 0. The van der Waals surface area contributed by atoms with Crippen molar-refractivity contribution in [1.82, 2.24) is 0 Å². The maximum Gasteiger partial charge on any atom is 0.337 e. The zero-order chi connectivity index (χ0) is 27.8. The molecule has 11 atom stereocenters. The van der Waals surface area contributed by atoms with Crippen LogP contribution in [0.4, 0.5) is 0 Å². The molecule has 3 aliphatic heterocycles. The van der Waals surface area contributed by atoms with E-state index in [2.05, 4.69) is 0 Å². The van der Waals surface area contributed by atoms with E-state index in [4.69, 9.17) is 23.7 Å². The first-order valence-corrected chi connectivity index (χ1v) is 13.0. The first-order valence-electron chi connectivity index (χ1n) is 13.0. The van der Waals surface area contributed by atoms with Gasteiger partial charge in [0, 0.05) is 23.3 Å². The molecule has 4 aliphatic rings. The van der Waals surface area contributed by atoms with Crippen LogP contribution in [0.2, 0.25) is 0 Å². The van der Waals surface area contributed by atoms with Crippen LogP contribution in [-0.4, -0.2) is 99.9 Å². The van der Waals surface area contributed by atoms with Crippen LogP contribution < -0.4 is 0 Å². The Morgan fingerprint density at radius 1 is 1.11 bits per heavy atom. The van der Waals surface area contributed by atoms with E-state index in [0.29, 0.717) is 12.0 Å². The Morgan fingerprint density at radius 3 is 2.53 bits per heavy atom. The van der Waals surface area contributed by atoms with Gasteiger partial charge in [-0.1, -0.05) is 19.9 Å². The summed E-state index contributed by atoms with van der Waals surface area (Å²) in [7, 11) is 0. The van der Waals surface area contributed by atoms with Crippen molar-refractivity contribution in [3.8, 4) is 0 Å². The van der Waals surface area contributed by atoms with E-state index in [1.807, 2.05) is 6.92 Å². The summed E-state index contributed by atoms with van der Waals surface area (Å²) in [5, 5.41) is 51.3. The van der Waals surface area contributed by atoms with E-state index in [1.165, 1.54) is 0 Å². The van der Waals surface area contributed by atoms with Crippen molar-refractivity contribution in [3.63, 3.8) is 0 Å². The zero-order valence-corrected chi connectivity index (χ0v) is 21.8. The molecule has 0 unspecified atom stereocenters. The van der Waals surface area contributed by atoms with E-state index < -0.39 is 73.0 Å². The van der Waals surface area contributed by atoms with E-state index in [-0.39, 0.29) is 37.0 Å². The molecular formula is C26H38O12. The Labute approximate surface area is 220 Å². The molecule has 1 saturated carbocycles. The fraction of sp³-hybridized carbons (Fsp3) is 0.769. The van der Waals surface area contributed by atoms with Gasteiger partial charge in [-0.05, 0) is 25.7 Å². The van der Waals surface area contributed by atoms with Gasteiger partial charge in [0.2, 0.25) is 6.29 Å². The molecule has 214 valence electrons. The molecule has 5 N–H and O–H groups in total. The minimum Gasteiger partial charge on any atom is -0.468 e. The summed E-state index contributed by atoms with van der Waals surface area (Å²) in [6.45, 7) is 4.82. The van der Waals surface area contributed by atoms with E-state index in [1.54, 1.807) is 19.9 Å². The van der Waals surface area contributed by atoms with Gasteiger partial charge < -0.3 is 49.2 Å². The molecule has 0 aromatic rings. The van der Waals surface area contributed by atoms with Gasteiger partial charge in [0.25, 0.3) is 0 Å². The van der Waals surface area contributed by atoms with Crippen molar-refractivity contribution in [1.29, 1.82) is 0 Å². The number of hydrogen-bond donors (Lipinski definition) is 5. The smallest absolute Gasteiger partial charge is 0.337 e. The summed E-state index contributed by atoms with van der Waals surface area (Å²) in [4.78, 5) is 26.1. The van der Waals surface area contributed by atoms with Crippen LogP contribution >= 0.6 is 0 Å². The quantitative estimate of drug-likeness (QED) is 0.228. The summed E-state index contributed by atoms with van der Waals surface area (Å²) in [6, 6.07) is 0. The lowest BCUT2D eigenvalue weighted by Gasteiger charge is -2.42. The van der Waals surface area contributed by atoms with Crippen molar-refractivity contribution in [3.05, 3.63) is 23.5 Å². The molecule has 1 aliphatic carbocycles. The molecule has 3 heterocycles. The standard InChI is InChI=1S/C26H38O12/c1-4-14-15-7-19(28)34-11-17-12(2)5-6-26(17,33)13(3)9-35-23(32)16(15)10-36-24(14)38-25-22(31)21(30)20(29)18(8-27)37-25/h4,10,12-13,15,17-18,20-22,24-25,27,29-31,33H,5-9,11H2,1-3H3/b14-4+/t12-,13-,15-,17+,18+,20+,21-,22+,24-,25-,26+/m0/s1. The van der Waals surface area contributed by atoms with Gasteiger partial charge in [0.1, 0.15) is 24.4 Å². The number of aliphatic hydroxyl groups excluding tert-OH is 4. The van der Waals surface area contributed by atoms with Crippen LogP contribution in [0.15, 0.2) is 23.5 Å². The molecule has 0 radical (unpaired) electrons. The average molecular weight is 543 g/mol. The molecule has 38 heavy (non-hydrogen) atoms. The van der Waals surface area contributed by atoms with E-state index in [0.717, 1.165) is 12.7 Å². The second-order valence-corrected chi connectivity index (χ2v) is 10.7. The number of carbonyl (C=O) groups excluding carboxylic acids is 2. The second-order valence-electron chi connectivity index (χ2n) is 10.7. The van der Waals surface area contributed by atoms with Gasteiger partial charge in [-0.25, -0.2) is 4.79 Å². The third-order valence-corrected chi connectivity index (χ3v) is 8.49. The Hall–Kier alpha value is -2.06. The van der Waals surface area contributed by atoms with Gasteiger partial charge in [-0.2, -0.15) is 0 Å². The number of fused-ring (bicyclic) bond motifs is 2. The van der Waals surface area contributed by atoms with Crippen LogP contribution in [0.1, 0.15) is 40.0 Å². The third kappa shape index (κ3) is 5.35. The van der Waals surface area contributed by atoms with Crippen LogP contribution in [-0.2, 0) is 33.3 Å². The Balaban J connectivity index is 1.57. The van der Waals surface area contributed by atoms with Crippen LogP contribution in [0.25, 0.3) is 0 Å². The van der Waals surface area contributed by atoms with Crippen LogP contribution in [0.5, 0.6) is 0 Å². The highest BCUT2D eigenvalue weighted by atomic mass is 16.8. The molecule has 0 bridgehead atoms. The van der Waals surface area contributed by atoms with Crippen molar-refractivity contribution >= 4 is 11.9 Å². The van der Waals surface area contributed by atoms with E-state index >= 15 is 0 Å². The fourth-order valence-electron chi connectivity index (χ4n) is 5.90. The molecule has 0 aromatic carbocycles. The first kappa shape index (κ1) is 28.9. The lowest BCUT2D eigenvalue weighted by Crippen LogP contribution is -2.60. The summed E-state index contributed by atoms with van der Waals surface area (Å²) in [6.07, 6.45) is -5.04. The van der Waals surface area contributed by atoms with Gasteiger partial charge in [0.15, 0.2) is 6.29 Å². The Bertz CT molecular complexity index is 947. The van der Waals surface area contributed by atoms with Crippen molar-refractivity contribution in [2.24, 2.45) is 23.7 Å². The summed E-state index contributed by atoms with van der Waals surface area (Å²) < 4.78 is 28.0. The minimum absolute atomic E-state index is 0.0347. The number of aliphatic hydroxyl groups is 5. The Kier molecular flexibility index (Phi) is 8.82. The number of ether oxygens (including phenoxy) is 5. The van der Waals surface area contributed by atoms with Crippen LogP contribution in [0.3, 0.4) is 0 Å². The summed E-state index contributed by atoms with van der Waals surface area (Å²) in [5.74, 6) is -2.73. The van der Waals surface area contributed by atoms with Gasteiger partial charge >= 0.3 is 11.9 Å². The Morgan fingerprint density at radius 2 is 1.84 bits per heavy atom. The fourth-order valence-corrected chi connectivity index (χ4v) is 5.90. The third-order valence-electron chi connectivity index (χ3n) is 8.49. The molecule has 12 heteroatoms. The highest BCUT2D eigenvalue weighted by Gasteiger charge is 2.51. The maximum atomic E-state index is 13.1. The average Bonchev–Trinajstić information content (AvgIpc) is 3.19. The predicted octanol–water partition coefficient (Wildman–Crippen LogP) is -0.491. The normalized spacial score (nSPS) is 45.5. The van der Waals surface area contributed by atoms with E-state index in [9.17, 15) is 35.1 Å². The first-order chi connectivity index (χ1) is 18.0. The lowest BCUT2D eigenvalue weighted by atomic mass is 9.78. The molecule has 2 saturated heterocycles. The number of cyclic esters (lactones) is 2. The maximum absolute atomic E-state index is 13.1. The zero-order valence-electron chi connectivity index (χ0n) is 21.8. The van der Waals surface area contributed by atoms with Crippen molar-refractivity contribution < 1.29 is 58.8 Å². The number of carbonyl (C=O) groups is 2. The van der Waals surface area contributed by atoms with Gasteiger partial charge in [-0.15, -0.1) is 0 Å². The van der Waals surface area contributed by atoms with Gasteiger partial charge in [0.05, 0.1) is 43.7 Å². The number of hydrogen-bond acceptors (Lipinski definition) is 12. The molecule has 4 rings (SSSR count). The molecular weight excluding hydrogens is 504 g/mol. The van der Waals surface area contributed by atoms with Gasteiger partial charge in [-0.3, -0.25) is 4.79 Å². The molecule has 3 fully saturated rings. The monoisotopic (exact) mass is 542 g/mol. The lowest BCUT2D eigenvalue weighted by molar-refractivity contribution is -0.327. The predicted molar refractivity (Wildman–Crippen MR) is 128 cm³/mol. The topological polar surface area (TPSA) is 181 Å². The highest BCUT2D eigenvalue weighted by molar-refractivity contribution is 5.91. The van der Waals surface area contributed by atoms with Crippen molar-refractivity contribution in [2.45, 2.75) is 82.6 Å². The second kappa shape index (κ2) is 11.6. The summed E-state index contributed by atoms with van der Waals surface area (Å²) in [5.41, 5.74) is -0.724. The highest BCUT2D eigenvalue weighted by Crippen LogP contribution is 2.45. The molecule has 0 aromatic heterocycles. The molecule has 12 nitrogen and oxygen atoms in total. The number of esters is 2. The molecule has 0 spiro atoms. The van der Waals surface area contributed by atoms with Crippen molar-refractivity contribution in [2.75, 3.05) is 19.8 Å². The largest absolute Gasteiger partial charge is 0.468 e.